The standard InChI is InChI=1S/C22H41N5O6/c1-18(2)21(24)22(29)20(28)5-3-4-8-27-17-19(25-26-27)6-9-30-11-13-32-15-16-33-14-12-31-10-7-23/h17-18,21H,3-16,23-24H2,1-2H3/t21-/m0/s1. The first-order valence-electron chi connectivity index (χ1n) is 11.7. The number of carbonyl (C=O) groups is 2. The lowest BCUT2D eigenvalue weighted by Crippen LogP contribution is -2.40. The average Bonchev–Trinajstić information content (AvgIpc) is 3.26. The van der Waals surface area contributed by atoms with Gasteiger partial charge in [0, 0.05) is 32.1 Å². The summed E-state index contributed by atoms with van der Waals surface area (Å²) in [7, 11) is 0. The zero-order valence-electron chi connectivity index (χ0n) is 20.1. The Labute approximate surface area is 196 Å². The molecule has 1 aromatic rings. The molecular formula is C22H41N5O6. The van der Waals surface area contributed by atoms with E-state index in [2.05, 4.69) is 10.3 Å². The van der Waals surface area contributed by atoms with Gasteiger partial charge in [0.2, 0.25) is 5.78 Å². The summed E-state index contributed by atoms with van der Waals surface area (Å²) in [5.74, 6) is -0.906. The van der Waals surface area contributed by atoms with E-state index in [4.69, 9.17) is 30.4 Å². The van der Waals surface area contributed by atoms with Gasteiger partial charge in [-0.2, -0.15) is 0 Å². The molecule has 0 aliphatic carbocycles. The van der Waals surface area contributed by atoms with E-state index in [1.54, 1.807) is 4.68 Å². The zero-order chi connectivity index (χ0) is 24.3. The van der Waals surface area contributed by atoms with Crippen molar-refractivity contribution in [1.82, 2.24) is 15.0 Å². The van der Waals surface area contributed by atoms with Gasteiger partial charge < -0.3 is 30.4 Å². The van der Waals surface area contributed by atoms with Gasteiger partial charge in [0.25, 0.3) is 0 Å². The Morgan fingerprint density at radius 2 is 1.52 bits per heavy atom. The summed E-state index contributed by atoms with van der Waals surface area (Å²) in [6.07, 6.45) is 4.09. The van der Waals surface area contributed by atoms with Crippen LogP contribution in [0.3, 0.4) is 0 Å². The Morgan fingerprint density at radius 1 is 0.939 bits per heavy atom. The number of unbranched alkanes of at least 4 members (excludes halogenated alkanes) is 1. The van der Waals surface area contributed by atoms with Gasteiger partial charge in [-0.3, -0.25) is 14.3 Å². The number of ketones is 2. The van der Waals surface area contributed by atoms with Crippen LogP contribution in [0.25, 0.3) is 0 Å². The van der Waals surface area contributed by atoms with Crippen molar-refractivity contribution in [3.05, 3.63) is 11.9 Å². The molecule has 0 radical (unpaired) electrons. The van der Waals surface area contributed by atoms with Crippen molar-refractivity contribution in [1.29, 1.82) is 0 Å². The second-order valence-electron chi connectivity index (χ2n) is 7.98. The Balaban J connectivity index is 1.99. The monoisotopic (exact) mass is 471 g/mol. The van der Waals surface area contributed by atoms with Gasteiger partial charge in [-0.25, -0.2) is 0 Å². The normalized spacial score (nSPS) is 12.4. The van der Waals surface area contributed by atoms with Crippen LogP contribution in [0.15, 0.2) is 6.20 Å². The number of Topliss-reactive ketones (excluding diaryl/α,β-unsaturated/α-hetero) is 2. The van der Waals surface area contributed by atoms with Crippen LogP contribution in [0.1, 0.15) is 38.8 Å². The van der Waals surface area contributed by atoms with Crippen molar-refractivity contribution in [2.45, 2.75) is 52.1 Å². The largest absolute Gasteiger partial charge is 0.379 e. The van der Waals surface area contributed by atoms with Crippen LogP contribution >= 0.6 is 0 Å². The fourth-order valence-electron chi connectivity index (χ4n) is 2.76. The summed E-state index contributed by atoms with van der Waals surface area (Å²) in [6, 6.07) is -0.713. The van der Waals surface area contributed by atoms with Crippen LogP contribution in [0.4, 0.5) is 0 Å². The van der Waals surface area contributed by atoms with Crippen molar-refractivity contribution in [2.75, 3.05) is 59.4 Å². The van der Waals surface area contributed by atoms with Crippen molar-refractivity contribution >= 4 is 11.6 Å². The molecule has 11 heteroatoms. The van der Waals surface area contributed by atoms with Crippen molar-refractivity contribution < 1.29 is 28.5 Å². The molecule has 190 valence electrons. The highest BCUT2D eigenvalue weighted by molar-refractivity contribution is 6.39. The maximum atomic E-state index is 11.9. The second-order valence-corrected chi connectivity index (χ2v) is 7.98. The van der Waals surface area contributed by atoms with Crippen LogP contribution in [-0.4, -0.2) is 92.0 Å². The van der Waals surface area contributed by atoms with Gasteiger partial charge in [0.15, 0.2) is 5.78 Å². The summed E-state index contributed by atoms with van der Waals surface area (Å²) in [5, 5.41) is 8.21. The van der Waals surface area contributed by atoms with Gasteiger partial charge in [-0.15, -0.1) is 5.10 Å². The Bertz CT molecular complexity index is 655. The highest BCUT2D eigenvalue weighted by Gasteiger charge is 2.23. The van der Waals surface area contributed by atoms with E-state index < -0.39 is 17.6 Å². The topological polar surface area (TPSA) is 154 Å². The predicted octanol–water partition coefficient (Wildman–Crippen LogP) is 0.138. The number of aromatic nitrogens is 3. The highest BCUT2D eigenvalue weighted by Crippen LogP contribution is 2.06. The van der Waals surface area contributed by atoms with Crippen molar-refractivity contribution in [2.24, 2.45) is 17.4 Å². The SMILES string of the molecule is CC(C)[C@H](N)C(=O)C(=O)CCCCn1cc(CCOCCOCCOCCOCCN)nn1. The first-order chi connectivity index (χ1) is 16.0. The van der Waals surface area contributed by atoms with E-state index >= 15 is 0 Å². The van der Waals surface area contributed by atoms with Crippen LogP contribution < -0.4 is 11.5 Å². The molecule has 0 aliphatic rings. The molecule has 0 amide bonds. The van der Waals surface area contributed by atoms with Gasteiger partial charge in [0.05, 0.1) is 64.6 Å². The van der Waals surface area contributed by atoms with E-state index in [1.807, 2.05) is 20.0 Å². The second kappa shape index (κ2) is 18.6. The Morgan fingerprint density at radius 3 is 2.09 bits per heavy atom. The third-order valence-corrected chi connectivity index (χ3v) is 4.80. The number of carbonyl (C=O) groups excluding carboxylic acids is 2. The van der Waals surface area contributed by atoms with E-state index in [9.17, 15) is 9.59 Å². The van der Waals surface area contributed by atoms with E-state index in [-0.39, 0.29) is 12.3 Å². The first kappa shape index (κ1) is 29.3. The third kappa shape index (κ3) is 14.2. The van der Waals surface area contributed by atoms with Crippen molar-refractivity contribution in [3.8, 4) is 0 Å². The lowest BCUT2D eigenvalue weighted by atomic mass is 9.96. The molecule has 11 nitrogen and oxygen atoms in total. The number of hydrogen-bond donors (Lipinski definition) is 2. The van der Waals surface area contributed by atoms with Gasteiger partial charge in [0.1, 0.15) is 0 Å². The average molecular weight is 472 g/mol. The molecule has 0 fully saturated rings. The summed E-state index contributed by atoms with van der Waals surface area (Å²) >= 11 is 0. The van der Waals surface area contributed by atoms with Gasteiger partial charge in [-0.05, 0) is 18.8 Å². The fourth-order valence-corrected chi connectivity index (χ4v) is 2.76. The molecule has 33 heavy (non-hydrogen) atoms. The number of hydrogen-bond acceptors (Lipinski definition) is 10. The lowest BCUT2D eigenvalue weighted by molar-refractivity contribution is -0.137. The zero-order valence-corrected chi connectivity index (χ0v) is 20.1. The molecular weight excluding hydrogens is 430 g/mol. The molecule has 1 rings (SSSR count). The maximum Gasteiger partial charge on any atom is 0.215 e. The van der Waals surface area contributed by atoms with E-state index in [0.29, 0.717) is 78.8 Å². The summed E-state index contributed by atoms with van der Waals surface area (Å²) in [5.41, 5.74) is 11.9. The molecule has 0 aliphatic heterocycles. The minimum atomic E-state index is -0.713. The molecule has 0 saturated heterocycles. The number of ether oxygens (including phenoxy) is 4. The van der Waals surface area contributed by atoms with Crippen LogP contribution in [0, 0.1) is 5.92 Å². The molecule has 4 N–H and O–H groups in total. The predicted molar refractivity (Wildman–Crippen MR) is 123 cm³/mol. The van der Waals surface area contributed by atoms with Gasteiger partial charge in [-0.1, -0.05) is 19.1 Å². The number of rotatable bonds is 22. The first-order valence-corrected chi connectivity index (χ1v) is 11.7. The molecule has 1 atom stereocenters. The molecule has 0 aromatic carbocycles. The molecule has 1 heterocycles. The molecule has 0 unspecified atom stereocenters. The summed E-state index contributed by atoms with van der Waals surface area (Å²) in [4.78, 5) is 23.8. The Hall–Kier alpha value is -1.76. The lowest BCUT2D eigenvalue weighted by Gasteiger charge is -2.12. The van der Waals surface area contributed by atoms with E-state index in [0.717, 1.165) is 12.1 Å². The summed E-state index contributed by atoms with van der Waals surface area (Å²) < 4.78 is 23.3. The minimum Gasteiger partial charge on any atom is -0.379 e. The minimum absolute atomic E-state index is 0.0382. The molecule has 0 saturated carbocycles. The summed E-state index contributed by atoms with van der Waals surface area (Å²) in [6.45, 7) is 9.01. The van der Waals surface area contributed by atoms with Crippen LogP contribution in [0.5, 0.6) is 0 Å². The highest BCUT2D eigenvalue weighted by atomic mass is 16.6. The van der Waals surface area contributed by atoms with Gasteiger partial charge >= 0.3 is 0 Å². The molecule has 1 aromatic heterocycles. The number of nitrogens with zero attached hydrogens (tertiary/aromatic N) is 3. The Kier molecular flexibility index (Phi) is 16.5. The van der Waals surface area contributed by atoms with Crippen molar-refractivity contribution in [3.63, 3.8) is 0 Å². The third-order valence-electron chi connectivity index (χ3n) is 4.80. The fraction of sp³-hybridized carbons (Fsp3) is 0.818. The van der Waals surface area contributed by atoms with Crippen LogP contribution in [-0.2, 0) is 41.5 Å². The molecule has 0 spiro atoms. The molecule has 0 bridgehead atoms. The number of aryl methyl sites for hydroxylation is 1. The van der Waals surface area contributed by atoms with Crippen LogP contribution in [0.2, 0.25) is 0 Å². The number of nitrogens with two attached hydrogens (primary N) is 2. The maximum absolute atomic E-state index is 11.9. The quantitative estimate of drug-likeness (QED) is 0.176. The smallest absolute Gasteiger partial charge is 0.215 e. The van der Waals surface area contributed by atoms with E-state index in [1.165, 1.54) is 0 Å².